The summed E-state index contributed by atoms with van der Waals surface area (Å²) < 4.78 is 0. The lowest BCUT2D eigenvalue weighted by atomic mass is 9.62. The summed E-state index contributed by atoms with van der Waals surface area (Å²) in [5.74, 6) is 0. The minimum Gasteiger partial charge on any atom is -0.307 e. The highest BCUT2D eigenvalue weighted by molar-refractivity contribution is 6.00. The summed E-state index contributed by atoms with van der Waals surface area (Å²) in [6.07, 6.45) is 3.78. The second kappa shape index (κ2) is 12.5. The minimum absolute atomic E-state index is 0.550. The second-order valence-corrected chi connectivity index (χ2v) is 12.6. The van der Waals surface area contributed by atoms with E-state index in [1.165, 1.54) is 22.3 Å². The predicted molar refractivity (Wildman–Crippen MR) is 205 cm³/mol. The van der Waals surface area contributed by atoms with E-state index >= 15 is 0 Å². The van der Waals surface area contributed by atoms with E-state index < -0.39 is 5.41 Å². The fourth-order valence-electron chi connectivity index (χ4n) is 7.73. The molecule has 0 radical (unpaired) electrons. The lowest BCUT2D eigenvalue weighted by molar-refractivity contribution is 0.731. The van der Waals surface area contributed by atoms with Crippen molar-refractivity contribution >= 4 is 17.1 Å². The summed E-state index contributed by atoms with van der Waals surface area (Å²) in [4.78, 5) is 12.2. The van der Waals surface area contributed by atoms with E-state index in [0.717, 1.165) is 50.7 Å². The van der Waals surface area contributed by atoms with Crippen LogP contribution in [-0.4, -0.2) is 9.97 Å². The van der Waals surface area contributed by atoms with Gasteiger partial charge < -0.3 is 4.90 Å². The smallest absolute Gasteiger partial charge is 0.0948 e. The zero-order chi connectivity index (χ0) is 33.3. The van der Waals surface area contributed by atoms with Crippen molar-refractivity contribution in [2.75, 3.05) is 4.90 Å². The first kappa shape index (κ1) is 29.6. The van der Waals surface area contributed by atoms with E-state index in [1.807, 2.05) is 30.6 Å². The van der Waals surface area contributed by atoms with Gasteiger partial charge in [-0.15, -0.1) is 0 Å². The molecule has 236 valence electrons. The Bertz CT molecular complexity index is 2320. The van der Waals surface area contributed by atoms with Gasteiger partial charge in [-0.1, -0.05) is 158 Å². The molecule has 0 saturated carbocycles. The molecule has 0 aliphatic carbocycles. The summed E-state index contributed by atoms with van der Waals surface area (Å²) in [6.45, 7) is 0. The number of rotatable bonds is 6. The van der Waals surface area contributed by atoms with Crippen molar-refractivity contribution in [1.29, 1.82) is 0 Å². The highest BCUT2D eigenvalue weighted by Gasteiger charge is 2.46. The third-order valence-electron chi connectivity index (χ3n) is 9.86. The molecule has 3 heteroatoms. The van der Waals surface area contributed by atoms with Crippen LogP contribution in [0, 0.1) is 0 Å². The molecule has 2 aromatic heterocycles. The lowest BCUT2D eigenvalue weighted by Gasteiger charge is -2.47. The number of benzene rings is 6. The van der Waals surface area contributed by atoms with Crippen LogP contribution in [0.15, 0.2) is 200 Å². The van der Waals surface area contributed by atoms with Crippen molar-refractivity contribution in [3.63, 3.8) is 0 Å². The van der Waals surface area contributed by atoms with E-state index in [2.05, 4.69) is 180 Å². The highest BCUT2D eigenvalue weighted by atomic mass is 15.2. The van der Waals surface area contributed by atoms with E-state index in [9.17, 15) is 0 Å². The molecule has 8 aromatic rings. The number of pyridine rings is 2. The molecule has 3 nitrogen and oxygen atoms in total. The Kier molecular flexibility index (Phi) is 7.37. The summed E-state index contributed by atoms with van der Waals surface area (Å²) in [6, 6.07) is 67.1. The Hall–Kier alpha value is -6.58. The van der Waals surface area contributed by atoms with Crippen LogP contribution in [0.1, 0.15) is 22.3 Å². The molecule has 1 aliphatic heterocycles. The van der Waals surface area contributed by atoms with Crippen LogP contribution in [0.4, 0.5) is 17.1 Å². The number of anilines is 3. The zero-order valence-electron chi connectivity index (χ0n) is 27.4. The molecule has 6 aromatic carbocycles. The number of fused-ring (bicyclic) bond motifs is 2. The van der Waals surface area contributed by atoms with Gasteiger partial charge >= 0.3 is 0 Å². The van der Waals surface area contributed by atoms with Crippen LogP contribution < -0.4 is 4.90 Å². The normalized spacial score (nSPS) is 12.9. The molecule has 0 spiro atoms. The minimum atomic E-state index is -0.550. The summed E-state index contributed by atoms with van der Waals surface area (Å²) in [5, 5.41) is 0. The van der Waals surface area contributed by atoms with Crippen molar-refractivity contribution in [1.82, 2.24) is 9.97 Å². The molecule has 0 N–H and O–H groups in total. The molecule has 0 fully saturated rings. The molecule has 9 rings (SSSR count). The van der Waals surface area contributed by atoms with Crippen LogP contribution >= 0.6 is 0 Å². The first-order valence-electron chi connectivity index (χ1n) is 17.0. The van der Waals surface area contributed by atoms with Gasteiger partial charge in [0.2, 0.25) is 0 Å². The first-order chi connectivity index (χ1) is 24.8. The third-order valence-corrected chi connectivity index (χ3v) is 9.86. The number of para-hydroxylation sites is 2. The van der Waals surface area contributed by atoms with E-state index in [-0.39, 0.29) is 0 Å². The Morgan fingerprint density at radius 2 is 0.900 bits per heavy atom. The average molecular weight is 640 g/mol. The van der Waals surface area contributed by atoms with E-state index in [0.29, 0.717) is 0 Å². The van der Waals surface area contributed by atoms with Crippen LogP contribution in [0.5, 0.6) is 0 Å². The summed E-state index contributed by atoms with van der Waals surface area (Å²) >= 11 is 0. The van der Waals surface area contributed by atoms with Gasteiger partial charge in [0.25, 0.3) is 0 Å². The van der Waals surface area contributed by atoms with Gasteiger partial charge in [0, 0.05) is 29.1 Å². The molecule has 0 atom stereocenters. The van der Waals surface area contributed by atoms with Crippen molar-refractivity contribution < 1.29 is 0 Å². The van der Waals surface area contributed by atoms with Crippen LogP contribution in [0.2, 0.25) is 0 Å². The fraction of sp³-hybridized carbons (Fsp3) is 0.0213. The molecule has 1 aliphatic rings. The van der Waals surface area contributed by atoms with Crippen LogP contribution in [-0.2, 0) is 5.41 Å². The van der Waals surface area contributed by atoms with Gasteiger partial charge in [0.1, 0.15) is 0 Å². The van der Waals surface area contributed by atoms with Gasteiger partial charge in [-0.3, -0.25) is 9.97 Å². The highest BCUT2D eigenvalue weighted by Crippen LogP contribution is 2.59. The number of nitrogens with zero attached hydrogens (tertiary/aromatic N) is 3. The van der Waals surface area contributed by atoms with Gasteiger partial charge in [-0.2, -0.15) is 0 Å². The largest absolute Gasteiger partial charge is 0.307 e. The number of hydrogen-bond donors (Lipinski definition) is 0. The molecule has 50 heavy (non-hydrogen) atoms. The second-order valence-electron chi connectivity index (χ2n) is 12.6. The molecule has 3 heterocycles. The SMILES string of the molecule is c1ccc(-c2nccc(-c3ccc(-c4ccccn4)cc3)c2N2c3ccccc3C(c3ccccc3)(c3ccccc3)c3ccccc32)cc1. The van der Waals surface area contributed by atoms with Crippen molar-refractivity contribution in [3.05, 3.63) is 223 Å². The molecule has 0 saturated heterocycles. The topological polar surface area (TPSA) is 29.0 Å². The van der Waals surface area contributed by atoms with E-state index in [1.54, 1.807) is 0 Å². The van der Waals surface area contributed by atoms with Crippen molar-refractivity contribution in [2.24, 2.45) is 0 Å². The van der Waals surface area contributed by atoms with Gasteiger partial charge in [0.05, 0.1) is 33.9 Å². The predicted octanol–water partition coefficient (Wildman–Crippen LogP) is 11.6. The number of aromatic nitrogens is 2. The quantitative estimate of drug-likeness (QED) is 0.181. The maximum atomic E-state index is 5.12. The van der Waals surface area contributed by atoms with Gasteiger partial charge in [-0.25, -0.2) is 0 Å². The molecule has 0 bridgehead atoms. The summed E-state index contributed by atoms with van der Waals surface area (Å²) in [5.41, 5.74) is 13.9. The number of hydrogen-bond acceptors (Lipinski definition) is 3. The third kappa shape index (κ3) is 4.75. The van der Waals surface area contributed by atoms with Crippen LogP contribution in [0.3, 0.4) is 0 Å². The fourth-order valence-corrected chi connectivity index (χ4v) is 7.73. The molecule has 0 amide bonds. The van der Waals surface area contributed by atoms with Crippen molar-refractivity contribution in [3.8, 4) is 33.6 Å². The Morgan fingerprint density at radius 3 is 1.48 bits per heavy atom. The molecular weight excluding hydrogens is 607 g/mol. The monoisotopic (exact) mass is 639 g/mol. The standard InChI is InChI=1S/C47H33N3/c1-4-16-36(17-5-1)45-46(39(31-33-49-45)34-27-29-35(30-28-34)42-24-14-15-32-48-42)50-43-25-12-10-22-40(43)47(37-18-6-2-7-19-37,38-20-8-3-9-21-38)41-23-11-13-26-44(41)50/h1-33H. The maximum Gasteiger partial charge on any atom is 0.0948 e. The average Bonchev–Trinajstić information content (AvgIpc) is 3.21. The summed E-state index contributed by atoms with van der Waals surface area (Å²) in [7, 11) is 0. The van der Waals surface area contributed by atoms with Crippen LogP contribution in [0.25, 0.3) is 33.6 Å². The Morgan fingerprint density at radius 1 is 0.380 bits per heavy atom. The maximum absolute atomic E-state index is 5.12. The Labute approximate surface area is 292 Å². The van der Waals surface area contributed by atoms with E-state index in [4.69, 9.17) is 4.98 Å². The van der Waals surface area contributed by atoms with Crippen molar-refractivity contribution in [2.45, 2.75) is 5.41 Å². The Balaban J connectivity index is 1.35. The lowest BCUT2D eigenvalue weighted by Crippen LogP contribution is -2.38. The van der Waals surface area contributed by atoms with Gasteiger partial charge in [0.15, 0.2) is 0 Å². The first-order valence-corrected chi connectivity index (χ1v) is 17.0. The van der Waals surface area contributed by atoms with Gasteiger partial charge in [-0.05, 0) is 58.1 Å². The molecular formula is C47H33N3. The zero-order valence-corrected chi connectivity index (χ0v) is 27.4. The molecule has 0 unspecified atom stereocenters.